The molecule has 0 saturated heterocycles. The topological polar surface area (TPSA) is 69.2 Å². The Labute approximate surface area is 121 Å². The fourth-order valence-electron chi connectivity index (χ4n) is 0. The van der Waals surface area contributed by atoms with Gasteiger partial charge < -0.3 is 14.4 Å². The molecule has 7 heteroatoms. The van der Waals surface area contributed by atoms with E-state index in [9.17, 15) is 14.4 Å². The van der Waals surface area contributed by atoms with Crippen LogP contribution in [0.3, 0.4) is 0 Å². The van der Waals surface area contributed by atoms with Crippen molar-refractivity contribution in [3.8, 4) is 0 Å². The van der Waals surface area contributed by atoms with Gasteiger partial charge in [0.2, 0.25) is 0 Å². The van der Waals surface area contributed by atoms with Crippen LogP contribution in [-0.2, 0) is 0 Å². The first-order valence-electron chi connectivity index (χ1n) is 3.61. The number of rotatable bonds is 0. The molecule has 0 aliphatic carbocycles. The zero-order chi connectivity index (χ0) is 10.7. The minimum absolute atomic E-state index is 0. The third-order valence-corrected chi connectivity index (χ3v) is 0. The minimum atomic E-state index is -1.13. The van der Waals surface area contributed by atoms with Gasteiger partial charge in [-0.2, -0.15) is 0 Å². The van der Waals surface area contributed by atoms with Gasteiger partial charge in [-0.05, 0) is 0 Å². The van der Waals surface area contributed by atoms with E-state index in [2.05, 4.69) is 0 Å². The van der Waals surface area contributed by atoms with Gasteiger partial charge in [-0.25, -0.2) is 0 Å². The number of hydrogen-bond acceptors (Lipinski definition) is 3. The predicted molar refractivity (Wildman–Crippen MR) is 52.4 cm³/mol. The van der Waals surface area contributed by atoms with Gasteiger partial charge in [0, 0.05) is 0 Å². The Bertz CT molecular complexity index is 51.6. The van der Waals surface area contributed by atoms with Crippen LogP contribution in [0.4, 0.5) is 0 Å². The van der Waals surface area contributed by atoms with Crippen molar-refractivity contribution in [3.05, 3.63) is 0 Å². The average Bonchev–Trinajstić information content (AvgIpc) is 1.54. The molecule has 0 amide bonds. The SMILES string of the molecule is C[Si](C)[O-].C[Si](C)[O-].C[Si](C)[O-].[Ce+3]. The molecule has 3 nitrogen and oxygen atoms in total. The van der Waals surface area contributed by atoms with Gasteiger partial charge in [-0.1, -0.05) is 66.4 Å². The molecule has 0 atom stereocenters. The van der Waals surface area contributed by atoms with E-state index in [4.69, 9.17) is 0 Å². The normalized spacial score (nSPS) is 8.31. The second-order valence-electron chi connectivity index (χ2n) is 2.72. The standard InChI is InChI=1S/3C2H6OSi.Ce/c3*1-4(2)3;/h3*1-2H3;/q3*-1;+3. The van der Waals surface area contributed by atoms with E-state index in [0.29, 0.717) is 0 Å². The van der Waals surface area contributed by atoms with Crippen molar-refractivity contribution in [2.24, 2.45) is 0 Å². The molecule has 0 aromatic heterocycles. The summed E-state index contributed by atoms with van der Waals surface area (Å²) in [7, 11) is -3.39. The molecule has 0 saturated carbocycles. The van der Waals surface area contributed by atoms with Crippen LogP contribution in [0.1, 0.15) is 0 Å². The van der Waals surface area contributed by atoms with Gasteiger partial charge in [0.15, 0.2) is 0 Å². The summed E-state index contributed by atoms with van der Waals surface area (Å²) in [6.07, 6.45) is 0. The zero-order valence-electron chi connectivity index (χ0n) is 9.22. The van der Waals surface area contributed by atoms with Gasteiger partial charge in [-0.3, -0.25) is 0 Å². The van der Waals surface area contributed by atoms with Gasteiger partial charge >= 0.3 is 41.7 Å². The van der Waals surface area contributed by atoms with Crippen LogP contribution in [0.2, 0.25) is 39.3 Å². The molecule has 0 aliphatic rings. The average molecular weight is 363 g/mol. The van der Waals surface area contributed by atoms with Crippen molar-refractivity contribution in [1.29, 1.82) is 0 Å². The Kier molecular flexibility index (Phi) is 36.3. The first kappa shape index (κ1) is 24.2. The van der Waals surface area contributed by atoms with Crippen LogP contribution in [-0.4, -0.2) is 27.1 Å². The summed E-state index contributed by atoms with van der Waals surface area (Å²) in [6.45, 7) is 10.3. The second kappa shape index (κ2) is 19.5. The van der Waals surface area contributed by atoms with E-state index in [0.717, 1.165) is 0 Å². The Morgan fingerprint density at radius 3 is 0.538 bits per heavy atom. The summed E-state index contributed by atoms with van der Waals surface area (Å²) in [6, 6.07) is 0. The van der Waals surface area contributed by atoms with E-state index in [1.54, 1.807) is 39.3 Å². The van der Waals surface area contributed by atoms with Gasteiger partial charge in [0.1, 0.15) is 0 Å². The van der Waals surface area contributed by atoms with Crippen LogP contribution in [0, 0.1) is 41.7 Å². The Morgan fingerprint density at radius 1 is 0.538 bits per heavy atom. The van der Waals surface area contributed by atoms with Crippen molar-refractivity contribution in [2.75, 3.05) is 0 Å². The molecule has 0 fully saturated rings. The molecule has 0 bridgehead atoms. The molecule has 0 spiro atoms. The quantitative estimate of drug-likeness (QED) is 0.508. The molecule has 76 valence electrons. The maximum Gasteiger partial charge on any atom is 3.00 e. The summed E-state index contributed by atoms with van der Waals surface area (Å²) in [4.78, 5) is 28.9. The molecule has 0 aliphatic heterocycles. The van der Waals surface area contributed by atoms with Crippen molar-refractivity contribution in [1.82, 2.24) is 0 Å². The van der Waals surface area contributed by atoms with Crippen molar-refractivity contribution < 1.29 is 56.1 Å². The van der Waals surface area contributed by atoms with E-state index in [-0.39, 0.29) is 41.7 Å². The molecular formula is C6H18CeO3Si3. The Hall–Kier alpha value is 1.91. The van der Waals surface area contributed by atoms with Crippen LogP contribution in [0.15, 0.2) is 0 Å². The maximum atomic E-state index is 9.63. The summed E-state index contributed by atoms with van der Waals surface area (Å²) in [5, 5.41) is 0. The van der Waals surface area contributed by atoms with Crippen molar-refractivity contribution in [3.63, 3.8) is 0 Å². The van der Waals surface area contributed by atoms with E-state index < -0.39 is 27.1 Å². The predicted octanol–water partition coefficient (Wildman–Crippen LogP) is -1.21. The monoisotopic (exact) mass is 362 g/mol. The van der Waals surface area contributed by atoms with Crippen LogP contribution < -0.4 is 14.4 Å². The smallest absolute Gasteiger partial charge is 0.861 e. The second-order valence-corrected chi connectivity index (χ2v) is 8.17. The summed E-state index contributed by atoms with van der Waals surface area (Å²) >= 11 is 0. The molecule has 0 aromatic rings. The molecular weight excluding hydrogens is 344 g/mol. The van der Waals surface area contributed by atoms with Crippen molar-refractivity contribution in [2.45, 2.75) is 39.3 Å². The Balaban J connectivity index is -0.0000000450. The molecule has 0 aromatic carbocycles. The minimum Gasteiger partial charge on any atom is -0.861 e. The van der Waals surface area contributed by atoms with Crippen LogP contribution in [0.25, 0.3) is 0 Å². The fourth-order valence-corrected chi connectivity index (χ4v) is 0. The Morgan fingerprint density at radius 2 is 0.538 bits per heavy atom. The fraction of sp³-hybridized carbons (Fsp3) is 1.00. The summed E-state index contributed by atoms with van der Waals surface area (Å²) < 4.78 is 0. The first-order valence-corrected chi connectivity index (χ1v) is 10.8. The first-order chi connectivity index (χ1) is 5.20. The molecule has 0 N–H and O–H groups in total. The number of hydrogen-bond donors (Lipinski definition) is 0. The van der Waals surface area contributed by atoms with Gasteiger partial charge in [-0.15, -0.1) is 0 Å². The third kappa shape index (κ3) is 542. The van der Waals surface area contributed by atoms with Crippen molar-refractivity contribution >= 4 is 27.1 Å². The van der Waals surface area contributed by atoms with Gasteiger partial charge in [0.05, 0.1) is 0 Å². The zero-order valence-corrected chi connectivity index (χ0v) is 15.4. The van der Waals surface area contributed by atoms with E-state index >= 15 is 0 Å². The molecule has 0 rings (SSSR count). The van der Waals surface area contributed by atoms with E-state index in [1.165, 1.54) is 0 Å². The molecule has 0 unspecified atom stereocenters. The van der Waals surface area contributed by atoms with Crippen LogP contribution in [0.5, 0.6) is 0 Å². The largest absolute Gasteiger partial charge is 3.00 e. The summed E-state index contributed by atoms with van der Waals surface area (Å²) in [5.74, 6) is 0. The summed E-state index contributed by atoms with van der Waals surface area (Å²) in [5.41, 5.74) is 0. The third-order valence-electron chi connectivity index (χ3n) is 0. The molecule has 4 radical (unpaired) electrons. The molecule has 0 heterocycles. The van der Waals surface area contributed by atoms with E-state index in [1.807, 2.05) is 0 Å². The van der Waals surface area contributed by atoms with Crippen LogP contribution >= 0.6 is 0 Å². The van der Waals surface area contributed by atoms with Gasteiger partial charge in [0.25, 0.3) is 0 Å². The maximum absolute atomic E-state index is 9.63. The molecule has 13 heavy (non-hydrogen) atoms.